The Morgan fingerprint density at radius 3 is 0.667 bits per heavy atom. The lowest BCUT2D eigenvalue weighted by atomic mass is 10.2. The van der Waals surface area contributed by atoms with Gasteiger partial charge in [0, 0.05) is 40.8 Å². The Labute approximate surface area is 171 Å². The van der Waals surface area contributed by atoms with Crippen molar-refractivity contribution < 1.29 is 69.6 Å². The van der Waals surface area contributed by atoms with E-state index < -0.39 is 48.0 Å². The fourth-order valence-corrected chi connectivity index (χ4v) is 0.270. The Morgan fingerprint density at radius 1 is 0.533 bits per heavy atom. The van der Waals surface area contributed by atoms with Crippen LogP contribution in [-0.2, 0) is 28.8 Å². The van der Waals surface area contributed by atoms with Crippen molar-refractivity contribution in [2.24, 2.45) is 11.5 Å². The van der Waals surface area contributed by atoms with Crippen LogP contribution in [0.3, 0.4) is 0 Å². The van der Waals surface area contributed by atoms with E-state index in [1.165, 1.54) is 0 Å². The predicted molar refractivity (Wildman–Crippen MR) is 98.6 cm³/mol. The van der Waals surface area contributed by atoms with Crippen molar-refractivity contribution in [3.8, 4) is 0 Å². The standard InChI is InChI=1S/C4H6O6.C2H8N2.4C2H4O2/c5-1(3(7)8)2(6)4(9)10;3-1-2-4;4*1-2(3)4/h1-2,5-6H,(H,7,8)(H,9,10);1-4H2;4*1H3,(H,3,4). The third-order valence-corrected chi connectivity index (χ3v) is 0.972. The van der Waals surface area contributed by atoms with Crippen LogP contribution in [-0.4, -0.2) is 102 Å². The molecule has 16 nitrogen and oxygen atoms in total. The summed E-state index contributed by atoms with van der Waals surface area (Å²) in [4.78, 5) is 55.5. The molecule has 0 aliphatic heterocycles. The fraction of sp³-hybridized carbons (Fsp3) is 0.571. The number of carboxylic acids is 6. The molecule has 0 radical (unpaired) electrons. The van der Waals surface area contributed by atoms with Crippen molar-refractivity contribution in [2.75, 3.05) is 13.1 Å². The van der Waals surface area contributed by atoms with Crippen molar-refractivity contribution in [3.05, 3.63) is 0 Å². The van der Waals surface area contributed by atoms with Gasteiger partial charge in [-0.1, -0.05) is 0 Å². The summed E-state index contributed by atoms with van der Waals surface area (Å²) in [5.74, 6) is -6.87. The predicted octanol–water partition coefficient (Wildman–Crippen LogP) is -2.86. The highest BCUT2D eigenvalue weighted by Crippen LogP contribution is 1.92. The third kappa shape index (κ3) is 148. The molecule has 0 amide bonds. The number of aliphatic hydroxyl groups is 2. The number of rotatable bonds is 4. The van der Waals surface area contributed by atoms with E-state index in [0.717, 1.165) is 27.7 Å². The number of hydrogen-bond acceptors (Lipinski definition) is 10. The lowest BCUT2D eigenvalue weighted by Gasteiger charge is -2.07. The van der Waals surface area contributed by atoms with Crippen LogP contribution in [0.1, 0.15) is 27.7 Å². The van der Waals surface area contributed by atoms with Crippen LogP contribution in [0, 0.1) is 0 Å². The highest BCUT2D eigenvalue weighted by atomic mass is 16.4. The Bertz CT molecular complexity index is 411. The summed E-state index contributed by atoms with van der Waals surface area (Å²) in [6.45, 7) is 5.53. The summed E-state index contributed by atoms with van der Waals surface area (Å²) in [7, 11) is 0. The SMILES string of the molecule is CC(=O)O.CC(=O)O.CC(=O)O.CC(=O)O.NCCN.O=C(O)C(O)C(O)C(=O)O. The van der Waals surface area contributed by atoms with E-state index in [4.69, 9.17) is 71.5 Å². The normalized spacial score (nSPS) is 9.60. The molecule has 0 fully saturated rings. The van der Waals surface area contributed by atoms with Crippen molar-refractivity contribution in [2.45, 2.75) is 39.9 Å². The lowest BCUT2D eigenvalue weighted by molar-refractivity contribution is -0.165. The van der Waals surface area contributed by atoms with Crippen molar-refractivity contribution in [1.82, 2.24) is 0 Å². The second-order valence-electron chi connectivity index (χ2n) is 4.22. The van der Waals surface area contributed by atoms with Gasteiger partial charge in [-0.2, -0.15) is 0 Å². The number of hydrogen-bond donors (Lipinski definition) is 10. The van der Waals surface area contributed by atoms with Crippen LogP contribution in [0.4, 0.5) is 0 Å². The van der Waals surface area contributed by atoms with E-state index in [2.05, 4.69) is 0 Å². The Balaban J connectivity index is -0.0000000616. The maximum atomic E-state index is 9.77. The number of aliphatic hydroxyl groups excluding tert-OH is 2. The van der Waals surface area contributed by atoms with Gasteiger partial charge >= 0.3 is 11.9 Å². The summed E-state index contributed by atoms with van der Waals surface area (Å²) in [5, 5.41) is 62.2. The van der Waals surface area contributed by atoms with Crippen LogP contribution in [0.5, 0.6) is 0 Å². The molecule has 0 aromatic rings. The third-order valence-electron chi connectivity index (χ3n) is 0.972. The van der Waals surface area contributed by atoms with Crippen LogP contribution < -0.4 is 11.5 Å². The van der Waals surface area contributed by atoms with Crippen LogP contribution in [0.2, 0.25) is 0 Å². The van der Waals surface area contributed by atoms with Gasteiger partial charge in [0.15, 0.2) is 12.2 Å². The molecule has 2 atom stereocenters. The summed E-state index contributed by atoms with van der Waals surface area (Å²) < 4.78 is 0. The molecule has 0 spiro atoms. The van der Waals surface area contributed by atoms with Gasteiger partial charge in [-0.25, -0.2) is 9.59 Å². The molecule has 2 unspecified atom stereocenters. The molecule has 16 heteroatoms. The van der Waals surface area contributed by atoms with Gasteiger partial charge < -0.3 is 52.3 Å². The van der Waals surface area contributed by atoms with Gasteiger partial charge in [0.1, 0.15) is 0 Å². The first-order valence-corrected chi connectivity index (χ1v) is 7.31. The number of aliphatic carboxylic acids is 6. The summed E-state index contributed by atoms with van der Waals surface area (Å²) in [6.07, 6.45) is -4.53. The van der Waals surface area contributed by atoms with E-state index >= 15 is 0 Å². The highest BCUT2D eigenvalue weighted by Gasteiger charge is 2.29. The average Bonchev–Trinajstić information content (AvgIpc) is 2.51. The number of carboxylic acid groups (broad SMARTS) is 6. The first-order chi connectivity index (χ1) is 13.3. The van der Waals surface area contributed by atoms with E-state index in [9.17, 15) is 9.59 Å². The molecule has 0 aliphatic carbocycles. The fourth-order valence-electron chi connectivity index (χ4n) is 0.270. The second-order valence-corrected chi connectivity index (χ2v) is 4.22. The minimum atomic E-state index is -2.27. The Morgan fingerprint density at radius 2 is 0.633 bits per heavy atom. The molecular formula is C14H30N2O14. The highest BCUT2D eigenvalue weighted by molar-refractivity contribution is 5.83. The van der Waals surface area contributed by atoms with E-state index in [1.807, 2.05) is 0 Å². The molecule has 0 aliphatic rings. The van der Waals surface area contributed by atoms with E-state index in [0.29, 0.717) is 13.1 Å². The Kier molecular flexibility index (Phi) is 41.7. The second kappa shape index (κ2) is 30.4. The first-order valence-electron chi connectivity index (χ1n) is 7.31. The largest absolute Gasteiger partial charge is 0.481 e. The molecule has 0 saturated heterocycles. The lowest BCUT2D eigenvalue weighted by Crippen LogP contribution is -2.39. The molecule has 0 rings (SSSR count). The first kappa shape index (κ1) is 41.1. The number of carbonyl (C=O) groups is 6. The molecular weight excluding hydrogens is 420 g/mol. The summed E-state index contributed by atoms with van der Waals surface area (Å²) in [5.41, 5.74) is 9.81. The average molecular weight is 450 g/mol. The molecule has 0 heterocycles. The molecule has 30 heavy (non-hydrogen) atoms. The van der Waals surface area contributed by atoms with Gasteiger partial charge in [0.2, 0.25) is 0 Å². The Hall–Kier alpha value is -3.34. The molecule has 0 aromatic heterocycles. The van der Waals surface area contributed by atoms with Gasteiger partial charge in [0.05, 0.1) is 0 Å². The van der Waals surface area contributed by atoms with Crippen molar-refractivity contribution in [1.29, 1.82) is 0 Å². The maximum Gasteiger partial charge on any atom is 0.335 e. The summed E-state index contributed by atoms with van der Waals surface area (Å²) >= 11 is 0. The number of nitrogens with two attached hydrogens (primary N) is 2. The summed E-state index contributed by atoms with van der Waals surface area (Å²) in [6, 6.07) is 0. The van der Waals surface area contributed by atoms with Crippen LogP contribution in [0.15, 0.2) is 0 Å². The van der Waals surface area contributed by atoms with Gasteiger partial charge in [-0.15, -0.1) is 0 Å². The molecule has 180 valence electrons. The van der Waals surface area contributed by atoms with Gasteiger partial charge in [0.25, 0.3) is 23.9 Å². The zero-order valence-corrected chi connectivity index (χ0v) is 16.8. The minimum absolute atomic E-state index is 0.597. The quantitative estimate of drug-likeness (QED) is 0.206. The zero-order valence-electron chi connectivity index (χ0n) is 16.8. The molecule has 0 aromatic carbocycles. The minimum Gasteiger partial charge on any atom is -0.481 e. The van der Waals surface area contributed by atoms with E-state index in [1.54, 1.807) is 0 Å². The van der Waals surface area contributed by atoms with Gasteiger partial charge in [-0.3, -0.25) is 19.2 Å². The van der Waals surface area contributed by atoms with Crippen molar-refractivity contribution >= 4 is 35.8 Å². The van der Waals surface area contributed by atoms with Crippen LogP contribution >= 0.6 is 0 Å². The molecule has 12 N–H and O–H groups in total. The van der Waals surface area contributed by atoms with E-state index in [-0.39, 0.29) is 0 Å². The molecule has 0 bridgehead atoms. The zero-order chi connectivity index (χ0) is 26.0. The smallest absolute Gasteiger partial charge is 0.335 e. The monoisotopic (exact) mass is 450 g/mol. The van der Waals surface area contributed by atoms with Crippen molar-refractivity contribution in [3.63, 3.8) is 0 Å². The van der Waals surface area contributed by atoms with Gasteiger partial charge in [-0.05, 0) is 0 Å². The maximum absolute atomic E-state index is 9.77. The topological polar surface area (TPSA) is 316 Å². The van der Waals surface area contributed by atoms with Crippen LogP contribution in [0.25, 0.3) is 0 Å². The molecule has 0 saturated carbocycles.